The second-order valence-electron chi connectivity index (χ2n) is 6.57. The lowest BCUT2D eigenvalue weighted by atomic mass is 10.2. The number of hydrogen-bond donors (Lipinski definition) is 1. The lowest BCUT2D eigenvalue weighted by molar-refractivity contribution is 0.102. The van der Waals surface area contributed by atoms with Crippen molar-refractivity contribution in [1.82, 2.24) is 4.31 Å². The van der Waals surface area contributed by atoms with Crippen LogP contribution in [-0.2, 0) is 16.6 Å². The molecule has 1 N–H and O–H groups in total. The zero-order valence-corrected chi connectivity index (χ0v) is 17.0. The molecule has 0 fully saturated rings. The van der Waals surface area contributed by atoms with Gasteiger partial charge >= 0.3 is 0 Å². The predicted octanol–water partition coefficient (Wildman–Crippen LogP) is 3.77. The van der Waals surface area contributed by atoms with Crippen molar-refractivity contribution in [2.24, 2.45) is 0 Å². The van der Waals surface area contributed by atoms with Crippen LogP contribution in [0.4, 0.5) is 5.69 Å². The van der Waals surface area contributed by atoms with E-state index in [1.54, 1.807) is 36.4 Å². The molecule has 0 atom stereocenters. The molecule has 0 aliphatic carbocycles. The molecule has 3 rings (SSSR count). The minimum absolute atomic E-state index is 0.111. The number of nitrogens with zero attached hydrogens (tertiary/aromatic N) is 1. The van der Waals surface area contributed by atoms with E-state index in [9.17, 15) is 13.2 Å². The fourth-order valence-electron chi connectivity index (χ4n) is 2.62. The standard InChI is InChI=1S/C22H22N2O4S/c1-24(2)29(26,27)21-13-7-11-19(15-21)23-22(25)18-10-6-12-20(14-18)28-16-17-8-4-3-5-9-17/h3-15H,16H2,1-2H3,(H,23,25). The number of hydrogen-bond acceptors (Lipinski definition) is 4. The number of benzene rings is 3. The first-order chi connectivity index (χ1) is 13.9. The molecular weight excluding hydrogens is 388 g/mol. The average Bonchev–Trinajstić information content (AvgIpc) is 2.73. The van der Waals surface area contributed by atoms with Crippen LogP contribution in [0.25, 0.3) is 0 Å². The lowest BCUT2D eigenvalue weighted by Gasteiger charge is -2.13. The summed E-state index contributed by atoms with van der Waals surface area (Å²) < 4.78 is 31.4. The van der Waals surface area contributed by atoms with E-state index in [1.165, 1.54) is 26.2 Å². The Morgan fingerprint density at radius 1 is 0.931 bits per heavy atom. The molecular formula is C22H22N2O4S. The molecule has 0 aromatic heterocycles. The van der Waals surface area contributed by atoms with Gasteiger partial charge in [0.2, 0.25) is 10.0 Å². The Bertz CT molecular complexity index is 1100. The maximum atomic E-state index is 12.6. The predicted molar refractivity (Wildman–Crippen MR) is 112 cm³/mol. The summed E-state index contributed by atoms with van der Waals surface area (Å²) >= 11 is 0. The van der Waals surface area contributed by atoms with Gasteiger partial charge in [0.05, 0.1) is 4.90 Å². The topological polar surface area (TPSA) is 75.7 Å². The second kappa shape index (κ2) is 8.89. The summed E-state index contributed by atoms with van der Waals surface area (Å²) in [7, 11) is -0.659. The van der Waals surface area contributed by atoms with E-state index in [0.29, 0.717) is 23.6 Å². The molecule has 0 aliphatic heterocycles. The normalized spacial score (nSPS) is 11.3. The molecule has 0 heterocycles. The third-order valence-electron chi connectivity index (χ3n) is 4.22. The maximum Gasteiger partial charge on any atom is 0.255 e. The highest BCUT2D eigenvalue weighted by molar-refractivity contribution is 7.89. The molecule has 0 unspecified atom stereocenters. The highest BCUT2D eigenvalue weighted by Gasteiger charge is 2.18. The van der Waals surface area contributed by atoms with E-state index in [-0.39, 0.29) is 10.8 Å². The van der Waals surface area contributed by atoms with Crippen molar-refractivity contribution in [2.45, 2.75) is 11.5 Å². The van der Waals surface area contributed by atoms with Crippen LogP contribution in [0.1, 0.15) is 15.9 Å². The number of nitrogens with one attached hydrogen (secondary N) is 1. The summed E-state index contributed by atoms with van der Waals surface area (Å²) in [6, 6.07) is 22.7. The minimum atomic E-state index is -3.58. The highest BCUT2D eigenvalue weighted by Crippen LogP contribution is 2.20. The number of carbonyl (C=O) groups excluding carboxylic acids is 1. The molecule has 3 aromatic rings. The largest absolute Gasteiger partial charge is 0.489 e. The Labute approximate surface area is 170 Å². The van der Waals surface area contributed by atoms with Crippen LogP contribution in [0.3, 0.4) is 0 Å². The van der Waals surface area contributed by atoms with Crippen molar-refractivity contribution >= 4 is 21.6 Å². The third-order valence-corrected chi connectivity index (χ3v) is 6.03. The van der Waals surface area contributed by atoms with Gasteiger partial charge in [-0.05, 0) is 42.0 Å². The first kappa shape index (κ1) is 20.6. The number of ether oxygens (including phenoxy) is 1. The molecule has 1 amide bonds. The zero-order chi connectivity index (χ0) is 20.9. The molecule has 0 saturated heterocycles. The van der Waals surface area contributed by atoms with Gasteiger partial charge in [-0.15, -0.1) is 0 Å². The summed E-state index contributed by atoms with van der Waals surface area (Å²) in [6.07, 6.45) is 0. The van der Waals surface area contributed by atoms with E-state index >= 15 is 0 Å². The third kappa shape index (κ3) is 5.22. The molecule has 29 heavy (non-hydrogen) atoms. The van der Waals surface area contributed by atoms with E-state index < -0.39 is 10.0 Å². The fourth-order valence-corrected chi connectivity index (χ4v) is 3.56. The van der Waals surface area contributed by atoms with E-state index in [4.69, 9.17) is 4.74 Å². The first-order valence-electron chi connectivity index (χ1n) is 8.97. The molecule has 6 nitrogen and oxygen atoms in total. The van der Waals surface area contributed by atoms with Crippen LogP contribution in [-0.4, -0.2) is 32.7 Å². The van der Waals surface area contributed by atoms with Gasteiger partial charge in [0.25, 0.3) is 5.91 Å². The van der Waals surface area contributed by atoms with Crippen LogP contribution >= 0.6 is 0 Å². The Kier molecular flexibility index (Phi) is 6.31. The smallest absolute Gasteiger partial charge is 0.255 e. The summed E-state index contributed by atoms with van der Waals surface area (Å²) in [4.78, 5) is 12.7. The fraction of sp³-hybridized carbons (Fsp3) is 0.136. The zero-order valence-electron chi connectivity index (χ0n) is 16.2. The van der Waals surface area contributed by atoms with Crippen molar-refractivity contribution < 1.29 is 17.9 Å². The van der Waals surface area contributed by atoms with Gasteiger partial charge < -0.3 is 10.1 Å². The Morgan fingerprint density at radius 2 is 1.66 bits per heavy atom. The van der Waals surface area contributed by atoms with Crippen molar-refractivity contribution in [3.8, 4) is 5.75 Å². The average molecular weight is 410 g/mol. The van der Waals surface area contributed by atoms with Gasteiger partial charge in [0, 0.05) is 25.3 Å². The van der Waals surface area contributed by atoms with Crippen LogP contribution in [0.15, 0.2) is 83.8 Å². The molecule has 0 radical (unpaired) electrons. The first-order valence-corrected chi connectivity index (χ1v) is 10.4. The van der Waals surface area contributed by atoms with Gasteiger partial charge in [-0.1, -0.05) is 42.5 Å². The molecule has 0 spiro atoms. The van der Waals surface area contributed by atoms with Crippen molar-refractivity contribution in [1.29, 1.82) is 0 Å². The van der Waals surface area contributed by atoms with Crippen molar-refractivity contribution in [3.63, 3.8) is 0 Å². The lowest BCUT2D eigenvalue weighted by Crippen LogP contribution is -2.22. The van der Waals surface area contributed by atoms with Gasteiger partial charge in [0.15, 0.2) is 0 Å². The summed E-state index contributed by atoms with van der Waals surface area (Å²) in [5.74, 6) is 0.222. The molecule has 150 valence electrons. The quantitative estimate of drug-likeness (QED) is 0.643. The van der Waals surface area contributed by atoms with Crippen LogP contribution in [0, 0.1) is 0 Å². The number of sulfonamides is 1. The molecule has 0 aliphatic rings. The van der Waals surface area contributed by atoms with E-state index in [0.717, 1.165) is 9.87 Å². The monoisotopic (exact) mass is 410 g/mol. The Morgan fingerprint density at radius 3 is 2.38 bits per heavy atom. The van der Waals surface area contributed by atoms with Crippen LogP contribution in [0.2, 0.25) is 0 Å². The maximum absolute atomic E-state index is 12.6. The van der Waals surface area contributed by atoms with E-state index in [2.05, 4.69) is 5.32 Å². The van der Waals surface area contributed by atoms with Gasteiger partial charge in [-0.3, -0.25) is 4.79 Å². The van der Waals surface area contributed by atoms with Crippen LogP contribution in [0.5, 0.6) is 5.75 Å². The van der Waals surface area contributed by atoms with E-state index in [1.807, 2.05) is 30.3 Å². The highest BCUT2D eigenvalue weighted by atomic mass is 32.2. The number of amides is 1. The Balaban J connectivity index is 1.71. The second-order valence-corrected chi connectivity index (χ2v) is 8.72. The molecule has 0 bridgehead atoms. The minimum Gasteiger partial charge on any atom is -0.489 e. The number of rotatable bonds is 7. The summed E-state index contributed by atoms with van der Waals surface area (Å²) in [5.41, 5.74) is 1.84. The van der Waals surface area contributed by atoms with Crippen LogP contribution < -0.4 is 10.1 Å². The molecule has 0 saturated carbocycles. The van der Waals surface area contributed by atoms with Gasteiger partial charge in [0.1, 0.15) is 12.4 Å². The Hall–Kier alpha value is -3.16. The van der Waals surface area contributed by atoms with Crippen molar-refractivity contribution in [3.05, 3.63) is 90.0 Å². The molecule has 7 heteroatoms. The number of anilines is 1. The van der Waals surface area contributed by atoms with Gasteiger partial charge in [-0.25, -0.2) is 12.7 Å². The SMILES string of the molecule is CN(C)S(=O)(=O)c1cccc(NC(=O)c2cccc(OCc3ccccc3)c2)c1. The summed E-state index contributed by atoms with van der Waals surface area (Å²) in [5, 5.41) is 2.73. The molecule has 3 aromatic carbocycles. The van der Waals surface area contributed by atoms with Crippen molar-refractivity contribution in [2.75, 3.05) is 19.4 Å². The summed E-state index contributed by atoms with van der Waals surface area (Å²) in [6.45, 7) is 0.399. The van der Waals surface area contributed by atoms with Gasteiger partial charge in [-0.2, -0.15) is 0 Å². The number of carbonyl (C=O) groups is 1.